The molecule has 6 aromatic carbocycles. The van der Waals surface area contributed by atoms with Crippen molar-refractivity contribution in [3.05, 3.63) is 166 Å². The molecule has 0 atom stereocenters. The number of benzene rings is 6. The molecule has 0 saturated carbocycles. The normalized spacial score (nSPS) is 13.3. The molecule has 0 fully saturated rings. The van der Waals surface area contributed by atoms with Gasteiger partial charge in [0, 0.05) is 0 Å². The second-order valence-electron chi connectivity index (χ2n) is 10.8. The van der Waals surface area contributed by atoms with Crippen LogP contribution in [0.2, 0.25) is 0 Å². The Morgan fingerprint density at radius 2 is 0.974 bits per heavy atom. The van der Waals surface area contributed by atoms with Crippen molar-refractivity contribution in [3.63, 3.8) is 0 Å². The average Bonchev–Trinajstić information content (AvgIpc) is 3.24. The molecule has 0 N–H and O–H groups in total. The number of fused-ring (bicyclic) bond motifs is 4. The summed E-state index contributed by atoms with van der Waals surface area (Å²) < 4.78 is 0. The molecule has 1 aliphatic carbocycles. The molecule has 0 aromatic heterocycles. The molecule has 0 amide bonds. The maximum atomic E-state index is 2.46. The minimum Gasteiger partial charge on any atom is -0.0619 e. The van der Waals surface area contributed by atoms with E-state index in [0.29, 0.717) is 0 Å². The monoisotopic (exact) mass is 486 g/mol. The van der Waals surface area contributed by atoms with Crippen LogP contribution in [0.15, 0.2) is 127 Å². The SMILES string of the molecule is Cc1ccc(C2(c3ccc(C)cc3)c3ccccc3-c3ccc(-c4cc5ccccc5cc4C)cc32)cc1. The Morgan fingerprint density at radius 3 is 1.63 bits per heavy atom. The van der Waals surface area contributed by atoms with E-state index in [0.717, 1.165) is 0 Å². The van der Waals surface area contributed by atoms with Gasteiger partial charge in [-0.1, -0.05) is 126 Å². The van der Waals surface area contributed by atoms with E-state index >= 15 is 0 Å². The van der Waals surface area contributed by atoms with Gasteiger partial charge < -0.3 is 0 Å². The van der Waals surface area contributed by atoms with E-state index in [2.05, 4.69) is 148 Å². The van der Waals surface area contributed by atoms with Gasteiger partial charge in [0.1, 0.15) is 0 Å². The van der Waals surface area contributed by atoms with Gasteiger partial charge in [0.05, 0.1) is 5.41 Å². The van der Waals surface area contributed by atoms with Gasteiger partial charge in [0.15, 0.2) is 0 Å². The van der Waals surface area contributed by atoms with Crippen molar-refractivity contribution >= 4 is 10.8 Å². The third-order valence-electron chi connectivity index (χ3n) is 8.42. The lowest BCUT2D eigenvalue weighted by molar-refractivity contribution is 0.768. The molecule has 7 rings (SSSR count). The Balaban J connectivity index is 1.56. The van der Waals surface area contributed by atoms with Gasteiger partial charge >= 0.3 is 0 Å². The minimum atomic E-state index is -0.381. The summed E-state index contributed by atoms with van der Waals surface area (Å²) in [5.74, 6) is 0. The van der Waals surface area contributed by atoms with Gasteiger partial charge in [-0.15, -0.1) is 0 Å². The molecule has 0 heteroatoms. The van der Waals surface area contributed by atoms with Crippen LogP contribution in [0.1, 0.15) is 38.9 Å². The fraction of sp³-hybridized carbons (Fsp3) is 0.105. The Hall–Kier alpha value is -4.42. The quantitative estimate of drug-likeness (QED) is 0.233. The van der Waals surface area contributed by atoms with Gasteiger partial charge in [-0.3, -0.25) is 0 Å². The molecule has 0 saturated heterocycles. The number of rotatable bonds is 3. The molecule has 0 aliphatic heterocycles. The predicted molar refractivity (Wildman–Crippen MR) is 161 cm³/mol. The van der Waals surface area contributed by atoms with Gasteiger partial charge in [-0.2, -0.15) is 0 Å². The third-order valence-corrected chi connectivity index (χ3v) is 8.42. The molecule has 0 bridgehead atoms. The van der Waals surface area contributed by atoms with Gasteiger partial charge in [0.2, 0.25) is 0 Å². The van der Waals surface area contributed by atoms with Crippen LogP contribution in [0.3, 0.4) is 0 Å². The number of aryl methyl sites for hydroxylation is 3. The van der Waals surface area contributed by atoms with Crippen molar-refractivity contribution in [1.29, 1.82) is 0 Å². The summed E-state index contributed by atoms with van der Waals surface area (Å²) in [4.78, 5) is 0. The molecule has 38 heavy (non-hydrogen) atoms. The second-order valence-corrected chi connectivity index (χ2v) is 10.8. The third kappa shape index (κ3) is 3.30. The first-order valence-electron chi connectivity index (χ1n) is 13.4. The predicted octanol–water partition coefficient (Wildman–Crippen LogP) is 9.80. The smallest absolute Gasteiger partial charge is 0.0619 e. The number of hydrogen-bond donors (Lipinski definition) is 0. The lowest BCUT2D eigenvalue weighted by Gasteiger charge is -2.34. The van der Waals surface area contributed by atoms with E-state index in [1.165, 1.54) is 72.0 Å². The maximum Gasteiger partial charge on any atom is 0.0713 e. The molecular weight excluding hydrogens is 456 g/mol. The first-order chi connectivity index (χ1) is 18.6. The van der Waals surface area contributed by atoms with Crippen molar-refractivity contribution in [2.45, 2.75) is 26.2 Å². The van der Waals surface area contributed by atoms with E-state index in [4.69, 9.17) is 0 Å². The van der Waals surface area contributed by atoms with Crippen molar-refractivity contribution in [1.82, 2.24) is 0 Å². The molecule has 0 nitrogen and oxygen atoms in total. The molecule has 0 heterocycles. The standard InChI is InChI=1S/C38H30/c1-25-12-17-31(18-13-25)38(32-19-14-26(2)15-20-32)36-11-7-6-10-33(36)34-21-16-30(24-37(34)38)35-23-29-9-5-4-8-28(29)22-27(35)3/h4-24H,1-3H3. The lowest BCUT2D eigenvalue weighted by atomic mass is 9.67. The summed E-state index contributed by atoms with van der Waals surface area (Å²) in [5.41, 5.74) is 14.0. The van der Waals surface area contributed by atoms with Crippen LogP contribution in [0.4, 0.5) is 0 Å². The molecule has 0 spiro atoms. The summed E-state index contributed by atoms with van der Waals surface area (Å²) in [7, 11) is 0. The van der Waals surface area contributed by atoms with Crippen molar-refractivity contribution in [2.75, 3.05) is 0 Å². The Bertz CT molecular complexity index is 1770. The van der Waals surface area contributed by atoms with E-state index in [9.17, 15) is 0 Å². The fourth-order valence-electron chi connectivity index (χ4n) is 6.51. The Labute approximate surface area is 225 Å². The first-order valence-corrected chi connectivity index (χ1v) is 13.4. The first kappa shape index (κ1) is 22.8. The van der Waals surface area contributed by atoms with Gasteiger partial charge in [-0.25, -0.2) is 0 Å². The Kier molecular flexibility index (Phi) is 5.13. The van der Waals surface area contributed by atoms with E-state index in [1.54, 1.807) is 0 Å². The highest BCUT2D eigenvalue weighted by molar-refractivity contribution is 5.92. The molecular formula is C38H30. The summed E-state index contributed by atoms with van der Waals surface area (Å²) >= 11 is 0. The fourth-order valence-corrected chi connectivity index (χ4v) is 6.51. The largest absolute Gasteiger partial charge is 0.0713 e. The van der Waals surface area contributed by atoms with Crippen molar-refractivity contribution < 1.29 is 0 Å². The van der Waals surface area contributed by atoms with Gasteiger partial charge in [0.25, 0.3) is 0 Å². The summed E-state index contributed by atoms with van der Waals surface area (Å²) in [6, 6.07) is 47.8. The van der Waals surface area contributed by atoms with Crippen LogP contribution in [0.5, 0.6) is 0 Å². The van der Waals surface area contributed by atoms with Crippen molar-refractivity contribution in [2.24, 2.45) is 0 Å². The van der Waals surface area contributed by atoms with Crippen LogP contribution < -0.4 is 0 Å². The highest BCUT2D eigenvalue weighted by Gasteiger charge is 2.46. The molecule has 0 unspecified atom stereocenters. The zero-order chi connectivity index (χ0) is 25.9. The lowest BCUT2D eigenvalue weighted by Crippen LogP contribution is -2.28. The highest BCUT2D eigenvalue weighted by atomic mass is 14.5. The number of hydrogen-bond acceptors (Lipinski definition) is 0. The van der Waals surface area contributed by atoms with Crippen LogP contribution in [-0.4, -0.2) is 0 Å². The summed E-state index contributed by atoms with van der Waals surface area (Å²) in [5, 5.41) is 2.57. The molecule has 6 aromatic rings. The second kappa shape index (κ2) is 8.57. The topological polar surface area (TPSA) is 0 Å². The van der Waals surface area contributed by atoms with E-state index < -0.39 is 0 Å². The minimum absolute atomic E-state index is 0.381. The van der Waals surface area contributed by atoms with Crippen molar-refractivity contribution in [3.8, 4) is 22.3 Å². The average molecular weight is 487 g/mol. The van der Waals surface area contributed by atoms with Gasteiger partial charge in [-0.05, 0) is 93.7 Å². The zero-order valence-corrected chi connectivity index (χ0v) is 22.1. The molecule has 1 aliphatic rings. The van der Waals surface area contributed by atoms with E-state index in [1.807, 2.05) is 0 Å². The molecule has 182 valence electrons. The summed E-state index contributed by atoms with van der Waals surface area (Å²) in [6.45, 7) is 6.57. The maximum absolute atomic E-state index is 2.46. The Morgan fingerprint density at radius 1 is 0.421 bits per heavy atom. The highest BCUT2D eigenvalue weighted by Crippen LogP contribution is 2.56. The van der Waals surface area contributed by atoms with Crippen LogP contribution >= 0.6 is 0 Å². The van der Waals surface area contributed by atoms with Crippen LogP contribution in [0.25, 0.3) is 33.0 Å². The summed E-state index contributed by atoms with van der Waals surface area (Å²) in [6.07, 6.45) is 0. The van der Waals surface area contributed by atoms with Crippen LogP contribution in [-0.2, 0) is 5.41 Å². The van der Waals surface area contributed by atoms with E-state index in [-0.39, 0.29) is 5.41 Å². The zero-order valence-electron chi connectivity index (χ0n) is 22.1. The molecule has 0 radical (unpaired) electrons. The van der Waals surface area contributed by atoms with Crippen LogP contribution in [0, 0.1) is 20.8 Å².